The Morgan fingerprint density at radius 3 is 2.80 bits per heavy atom. The summed E-state index contributed by atoms with van der Waals surface area (Å²) in [6, 6.07) is -0.181. The minimum Gasteiger partial charge on any atom is -0.396 e. The van der Waals surface area contributed by atoms with E-state index in [1.54, 1.807) is 0 Å². The van der Waals surface area contributed by atoms with E-state index >= 15 is 0 Å². The van der Waals surface area contributed by atoms with Gasteiger partial charge < -0.3 is 20.5 Å². The van der Waals surface area contributed by atoms with Gasteiger partial charge in [0.1, 0.15) is 0 Å². The van der Waals surface area contributed by atoms with Gasteiger partial charge in [-0.15, -0.1) is 0 Å². The summed E-state index contributed by atoms with van der Waals surface area (Å²) >= 11 is 0. The number of aliphatic hydroxyl groups excluding tert-OH is 1. The van der Waals surface area contributed by atoms with E-state index in [0.717, 1.165) is 0 Å². The van der Waals surface area contributed by atoms with Gasteiger partial charge in [-0.2, -0.15) is 0 Å². The first-order valence-corrected chi connectivity index (χ1v) is 5.41. The van der Waals surface area contributed by atoms with Gasteiger partial charge in [-0.05, 0) is 19.3 Å². The molecule has 0 aliphatic carbocycles. The molecule has 0 saturated heterocycles. The number of hydrogen-bond donors (Lipinski definition) is 3. The van der Waals surface area contributed by atoms with E-state index in [4.69, 9.17) is 9.84 Å². The summed E-state index contributed by atoms with van der Waals surface area (Å²) in [6.07, 6.45) is 0.708. The van der Waals surface area contributed by atoms with Crippen LogP contribution in [0.1, 0.15) is 20.3 Å². The van der Waals surface area contributed by atoms with Crippen molar-refractivity contribution >= 4 is 6.03 Å². The third-order valence-electron chi connectivity index (χ3n) is 1.97. The molecule has 0 aliphatic rings. The predicted octanol–water partition coefficient (Wildman–Crippen LogP) is 0.341. The molecule has 0 heterocycles. The average Bonchev–Trinajstić information content (AvgIpc) is 2.22. The highest BCUT2D eigenvalue weighted by molar-refractivity contribution is 5.73. The lowest BCUT2D eigenvalue weighted by Gasteiger charge is -2.11. The molecule has 5 heteroatoms. The van der Waals surface area contributed by atoms with E-state index in [1.807, 2.05) is 13.8 Å². The third-order valence-corrected chi connectivity index (χ3v) is 1.97. The van der Waals surface area contributed by atoms with E-state index in [-0.39, 0.29) is 12.6 Å². The molecular weight excluding hydrogens is 196 g/mol. The van der Waals surface area contributed by atoms with Crippen LogP contribution in [0.3, 0.4) is 0 Å². The van der Waals surface area contributed by atoms with Crippen molar-refractivity contribution in [2.75, 3.05) is 32.9 Å². The van der Waals surface area contributed by atoms with E-state index in [1.165, 1.54) is 0 Å². The number of aliphatic hydroxyl groups is 1. The summed E-state index contributed by atoms with van der Waals surface area (Å²) in [4.78, 5) is 11.2. The molecule has 5 nitrogen and oxygen atoms in total. The highest BCUT2D eigenvalue weighted by Gasteiger charge is 2.03. The van der Waals surface area contributed by atoms with Gasteiger partial charge in [0.25, 0.3) is 0 Å². The van der Waals surface area contributed by atoms with Crippen molar-refractivity contribution < 1.29 is 14.6 Å². The predicted molar refractivity (Wildman–Crippen MR) is 58.8 cm³/mol. The van der Waals surface area contributed by atoms with Crippen LogP contribution in [-0.4, -0.2) is 44.0 Å². The van der Waals surface area contributed by atoms with Crippen LogP contribution in [0.2, 0.25) is 0 Å². The summed E-state index contributed by atoms with van der Waals surface area (Å²) in [5.41, 5.74) is 0. The number of rotatable bonds is 8. The molecule has 0 aromatic carbocycles. The number of hydrogen-bond acceptors (Lipinski definition) is 3. The quantitative estimate of drug-likeness (QED) is 0.514. The summed E-state index contributed by atoms with van der Waals surface area (Å²) in [5, 5.41) is 14.1. The van der Waals surface area contributed by atoms with Gasteiger partial charge in [-0.3, -0.25) is 0 Å². The van der Waals surface area contributed by atoms with Crippen molar-refractivity contribution in [3.8, 4) is 0 Å². The van der Waals surface area contributed by atoms with Gasteiger partial charge in [-0.1, -0.05) is 6.92 Å². The lowest BCUT2D eigenvalue weighted by Crippen LogP contribution is -2.39. The molecule has 0 spiro atoms. The molecule has 0 aliphatic heterocycles. The number of nitrogens with one attached hydrogen (secondary N) is 2. The van der Waals surface area contributed by atoms with Gasteiger partial charge in [0.05, 0.1) is 6.61 Å². The normalized spacial score (nSPS) is 12.2. The van der Waals surface area contributed by atoms with Crippen LogP contribution in [0.15, 0.2) is 0 Å². The van der Waals surface area contributed by atoms with E-state index < -0.39 is 0 Å². The van der Waals surface area contributed by atoms with Crippen molar-refractivity contribution in [3.63, 3.8) is 0 Å². The summed E-state index contributed by atoms with van der Waals surface area (Å²) in [7, 11) is 0. The molecule has 2 amide bonds. The molecule has 0 rings (SSSR count). The van der Waals surface area contributed by atoms with Crippen LogP contribution in [0, 0.1) is 5.92 Å². The Balaban J connectivity index is 3.32. The number of carbonyl (C=O) groups is 1. The first kappa shape index (κ1) is 14.2. The van der Waals surface area contributed by atoms with E-state index in [0.29, 0.717) is 38.6 Å². The fourth-order valence-corrected chi connectivity index (χ4v) is 1.03. The van der Waals surface area contributed by atoms with Crippen LogP contribution < -0.4 is 10.6 Å². The first-order chi connectivity index (χ1) is 7.20. The maximum absolute atomic E-state index is 11.2. The zero-order valence-electron chi connectivity index (χ0n) is 9.58. The second kappa shape index (κ2) is 9.73. The number of amides is 2. The van der Waals surface area contributed by atoms with Crippen molar-refractivity contribution in [2.45, 2.75) is 20.3 Å². The second-order valence-corrected chi connectivity index (χ2v) is 3.45. The Labute approximate surface area is 91.2 Å². The molecule has 1 unspecified atom stereocenters. The second-order valence-electron chi connectivity index (χ2n) is 3.45. The van der Waals surface area contributed by atoms with Crippen molar-refractivity contribution in [1.29, 1.82) is 0 Å². The fourth-order valence-electron chi connectivity index (χ4n) is 1.03. The lowest BCUT2D eigenvalue weighted by molar-refractivity contribution is 0.149. The molecule has 90 valence electrons. The number of ether oxygens (including phenoxy) is 1. The maximum atomic E-state index is 11.2. The van der Waals surface area contributed by atoms with Gasteiger partial charge in [-0.25, -0.2) is 4.79 Å². The van der Waals surface area contributed by atoms with Gasteiger partial charge in [0, 0.05) is 26.3 Å². The Morgan fingerprint density at radius 1 is 1.47 bits per heavy atom. The topological polar surface area (TPSA) is 70.6 Å². The Hall–Kier alpha value is -0.810. The summed E-state index contributed by atoms with van der Waals surface area (Å²) in [6.45, 7) is 6.37. The molecule has 3 N–H and O–H groups in total. The Morgan fingerprint density at radius 2 is 2.20 bits per heavy atom. The zero-order valence-corrected chi connectivity index (χ0v) is 9.58. The molecular formula is C10H22N2O3. The van der Waals surface area contributed by atoms with Crippen LogP contribution in [0.25, 0.3) is 0 Å². The van der Waals surface area contributed by atoms with Crippen molar-refractivity contribution in [3.05, 3.63) is 0 Å². The number of urea groups is 1. The molecule has 15 heavy (non-hydrogen) atoms. The SMILES string of the molecule is CCOCCNC(=O)NCC(C)CCO. The molecule has 0 saturated carbocycles. The molecule has 0 radical (unpaired) electrons. The number of carbonyl (C=O) groups excluding carboxylic acids is 1. The smallest absolute Gasteiger partial charge is 0.314 e. The molecule has 0 aromatic heterocycles. The molecule has 1 atom stereocenters. The zero-order chi connectivity index (χ0) is 11.5. The first-order valence-electron chi connectivity index (χ1n) is 5.41. The minimum atomic E-state index is -0.181. The van der Waals surface area contributed by atoms with Crippen LogP contribution in [-0.2, 0) is 4.74 Å². The van der Waals surface area contributed by atoms with Gasteiger partial charge in [0.15, 0.2) is 0 Å². The maximum Gasteiger partial charge on any atom is 0.314 e. The Kier molecular flexibility index (Phi) is 9.21. The summed E-state index contributed by atoms with van der Waals surface area (Å²) < 4.78 is 5.07. The standard InChI is InChI=1S/C10H22N2O3/c1-3-15-7-5-11-10(14)12-8-9(2)4-6-13/h9,13H,3-8H2,1-2H3,(H2,11,12,14). The Bertz CT molecular complexity index is 165. The largest absolute Gasteiger partial charge is 0.396 e. The average molecular weight is 218 g/mol. The lowest BCUT2D eigenvalue weighted by atomic mass is 10.1. The van der Waals surface area contributed by atoms with Gasteiger partial charge in [0.2, 0.25) is 0 Å². The third kappa shape index (κ3) is 9.49. The molecule has 0 aromatic rings. The summed E-state index contributed by atoms with van der Waals surface area (Å²) in [5.74, 6) is 0.299. The highest BCUT2D eigenvalue weighted by Crippen LogP contribution is 1.97. The van der Waals surface area contributed by atoms with Crippen molar-refractivity contribution in [1.82, 2.24) is 10.6 Å². The van der Waals surface area contributed by atoms with Crippen LogP contribution >= 0.6 is 0 Å². The van der Waals surface area contributed by atoms with E-state index in [2.05, 4.69) is 10.6 Å². The fraction of sp³-hybridized carbons (Fsp3) is 0.900. The monoisotopic (exact) mass is 218 g/mol. The van der Waals surface area contributed by atoms with Crippen LogP contribution in [0.4, 0.5) is 4.79 Å². The van der Waals surface area contributed by atoms with Crippen LogP contribution in [0.5, 0.6) is 0 Å². The van der Waals surface area contributed by atoms with Crippen molar-refractivity contribution in [2.24, 2.45) is 5.92 Å². The minimum absolute atomic E-state index is 0.162. The molecule has 0 fully saturated rings. The van der Waals surface area contributed by atoms with E-state index in [9.17, 15) is 4.79 Å². The molecule has 0 bridgehead atoms. The van der Waals surface area contributed by atoms with Gasteiger partial charge >= 0.3 is 6.03 Å². The highest BCUT2D eigenvalue weighted by atomic mass is 16.5.